The predicted molar refractivity (Wildman–Crippen MR) is 137 cm³/mol. The molecule has 1 saturated carbocycles. The fourth-order valence-electron chi connectivity index (χ4n) is 6.04. The summed E-state index contributed by atoms with van der Waals surface area (Å²) in [6, 6.07) is 21.7. The van der Waals surface area contributed by atoms with Crippen LogP contribution in [0.3, 0.4) is 0 Å². The zero-order valence-electron chi connectivity index (χ0n) is 19.1. The summed E-state index contributed by atoms with van der Waals surface area (Å²) in [5, 5.41) is 11.5. The average Bonchev–Trinajstić information content (AvgIpc) is 3.36. The first kappa shape index (κ1) is 22.2. The summed E-state index contributed by atoms with van der Waals surface area (Å²) in [6.45, 7) is 4.35. The second kappa shape index (κ2) is 8.96. The number of rotatable bonds is 6. The van der Waals surface area contributed by atoms with Crippen molar-refractivity contribution in [3.63, 3.8) is 0 Å². The number of hydrogen-bond acceptors (Lipinski definition) is 4. The van der Waals surface area contributed by atoms with Gasteiger partial charge in [-0.05, 0) is 90.9 Å². The fourth-order valence-corrected chi connectivity index (χ4v) is 6.73. The lowest BCUT2D eigenvalue weighted by Gasteiger charge is -2.32. The van der Waals surface area contributed by atoms with Crippen molar-refractivity contribution in [3.05, 3.63) is 94.8 Å². The summed E-state index contributed by atoms with van der Waals surface area (Å²) in [5.74, 6) is 0.918. The van der Waals surface area contributed by atoms with E-state index in [0.29, 0.717) is 11.8 Å². The lowest BCUT2D eigenvalue weighted by Crippen LogP contribution is -2.32. The van der Waals surface area contributed by atoms with Crippen LogP contribution in [0.4, 0.5) is 15.8 Å². The molecule has 1 aliphatic heterocycles. The molecule has 5 rings (SSSR count). The van der Waals surface area contributed by atoms with Crippen LogP contribution in [0.25, 0.3) is 0 Å². The van der Waals surface area contributed by atoms with E-state index in [0.717, 1.165) is 36.4 Å². The lowest BCUT2D eigenvalue weighted by atomic mass is 9.72. The molecule has 1 aliphatic carbocycles. The molecule has 3 aromatic carbocycles. The van der Waals surface area contributed by atoms with Crippen LogP contribution in [-0.2, 0) is 5.41 Å². The van der Waals surface area contributed by atoms with Gasteiger partial charge in [0.25, 0.3) is 0 Å². The summed E-state index contributed by atoms with van der Waals surface area (Å²) in [7, 11) is 0. The van der Waals surface area contributed by atoms with Crippen LogP contribution < -0.4 is 5.32 Å². The highest BCUT2D eigenvalue weighted by Crippen LogP contribution is 2.57. The standard InChI is InChI=1S/C28H30FN3S/c1-19-12-27(31-25-10-8-24(29)9-11-25)22(16-30)14-26(19)28-15-21(20-6-4-3-5-7-20)13-23(28)17-32(18-28)33-2/h3-12,14,16,21,23,30-31H,13,15,17-18H2,1-2H3. The topological polar surface area (TPSA) is 39.1 Å². The Bertz CT molecular complexity index is 1150. The van der Waals surface area contributed by atoms with Crippen molar-refractivity contribution in [3.8, 4) is 0 Å². The minimum Gasteiger partial charge on any atom is -0.355 e. The van der Waals surface area contributed by atoms with E-state index >= 15 is 0 Å². The van der Waals surface area contributed by atoms with Gasteiger partial charge < -0.3 is 10.7 Å². The highest BCUT2D eigenvalue weighted by Gasteiger charge is 2.54. The molecule has 2 N–H and O–H groups in total. The van der Waals surface area contributed by atoms with Crippen molar-refractivity contribution in [2.24, 2.45) is 5.92 Å². The van der Waals surface area contributed by atoms with Crippen molar-refractivity contribution in [1.29, 1.82) is 5.41 Å². The van der Waals surface area contributed by atoms with Gasteiger partial charge in [-0.2, -0.15) is 0 Å². The second-order valence-electron chi connectivity index (χ2n) is 9.44. The highest BCUT2D eigenvalue weighted by atomic mass is 32.2. The van der Waals surface area contributed by atoms with Gasteiger partial charge in [0.1, 0.15) is 5.82 Å². The number of benzene rings is 3. The predicted octanol–water partition coefficient (Wildman–Crippen LogP) is 6.90. The van der Waals surface area contributed by atoms with E-state index in [9.17, 15) is 4.39 Å². The Morgan fingerprint density at radius 1 is 1.12 bits per heavy atom. The number of fused-ring (bicyclic) bond motifs is 1. The van der Waals surface area contributed by atoms with E-state index in [4.69, 9.17) is 5.41 Å². The lowest BCUT2D eigenvalue weighted by molar-refractivity contribution is 0.394. The van der Waals surface area contributed by atoms with Crippen molar-refractivity contribution in [1.82, 2.24) is 4.31 Å². The molecule has 1 heterocycles. The van der Waals surface area contributed by atoms with Gasteiger partial charge in [0, 0.05) is 41.7 Å². The monoisotopic (exact) mass is 459 g/mol. The first-order valence-electron chi connectivity index (χ1n) is 11.5. The molecule has 1 saturated heterocycles. The molecule has 3 aromatic rings. The van der Waals surface area contributed by atoms with Crippen LogP contribution >= 0.6 is 11.9 Å². The first-order valence-corrected chi connectivity index (χ1v) is 12.7. The van der Waals surface area contributed by atoms with E-state index in [-0.39, 0.29) is 11.2 Å². The molecule has 2 aliphatic rings. The molecule has 3 unspecified atom stereocenters. The molecule has 0 aromatic heterocycles. The summed E-state index contributed by atoms with van der Waals surface area (Å²) in [4.78, 5) is 0. The summed E-state index contributed by atoms with van der Waals surface area (Å²) >= 11 is 1.85. The third-order valence-electron chi connectivity index (χ3n) is 7.58. The maximum Gasteiger partial charge on any atom is 0.123 e. The Morgan fingerprint density at radius 3 is 2.58 bits per heavy atom. The molecular weight excluding hydrogens is 429 g/mol. The van der Waals surface area contributed by atoms with E-state index in [1.165, 1.54) is 41.5 Å². The van der Waals surface area contributed by atoms with Crippen LogP contribution in [0.5, 0.6) is 0 Å². The quantitative estimate of drug-likeness (QED) is 0.311. The minimum absolute atomic E-state index is 0.0970. The molecular formula is C28H30FN3S. The van der Waals surface area contributed by atoms with Crippen molar-refractivity contribution in [2.45, 2.75) is 31.1 Å². The summed E-state index contributed by atoms with van der Waals surface area (Å²) < 4.78 is 15.8. The molecule has 170 valence electrons. The molecule has 3 nitrogen and oxygen atoms in total. The van der Waals surface area contributed by atoms with Gasteiger partial charge in [0.15, 0.2) is 0 Å². The maximum atomic E-state index is 13.3. The molecule has 5 heteroatoms. The Morgan fingerprint density at radius 2 is 1.88 bits per heavy atom. The fraction of sp³-hybridized carbons (Fsp3) is 0.321. The third-order valence-corrected chi connectivity index (χ3v) is 8.38. The zero-order valence-corrected chi connectivity index (χ0v) is 20.0. The molecule has 0 radical (unpaired) electrons. The van der Waals surface area contributed by atoms with Gasteiger partial charge in [-0.3, -0.25) is 0 Å². The molecule has 2 fully saturated rings. The van der Waals surface area contributed by atoms with Gasteiger partial charge in [0.05, 0.1) is 0 Å². The maximum absolute atomic E-state index is 13.3. The van der Waals surface area contributed by atoms with E-state index < -0.39 is 0 Å². The zero-order chi connectivity index (χ0) is 23.0. The Balaban J connectivity index is 1.53. The third kappa shape index (κ3) is 4.09. The van der Waals surface area contributed by atoms with Gasteiger partial charge in [-0.25, -0.2) is 8.70 Å². The molecule has 3 atom stereocenters. The SMILES string of the molecule is CSN1CC2CC(c3ccccc3)CC2(c2cc(C=N)c(Nc3ccc(F)cc3)cc2C)C1. The van der Waals surface area contributed by atoms with E-state index in [2.05, 4.69) is 65.3 Å². The molecule has 33 heavy (non-hydrogen) atoms. The smallest absolute Gasteiger partial charge is 0.123 e. The number of nitrogens with zero attached hydrogens (tertiary/aromatic N) is 1. The van der Waals surface area contributed by atoms with Crippen LogP contribution in [0.2, 0.25) is 0 Å². The summed E-state index contributed by atoms with van der Waals surface area (Å²) in [5.41, 5.74) is 6.77. The van der Waals surface area contributed by atoms with Crippen molar-refractivity contribution in [2.75, 3.05) is 24.7 Å². The number of aryl methyl sites for hydroxylation is 1. The van der Waals surface area contributed by atoms with Gasteiger partial charge in [-0.15, -0.1) is 0 Å². The van der Waals surface area contributed by atoms with Crippen molar-refractivity contribution >= 4 is 29.5 Å². The van der Waals surface area contributed by atoms with Gasteiger partial charge in [-0.1, -0.05) is 42.3 Å². The molecule has 0 bridgehead atoms. The largest absolute Gasteiger partial charge is 0.355 e. The Kier molecular flexibility index (Phi) is 6.02. The molecule has 0 spiro atoms. The van der Waals surface area contributed by atoms with Gasteiger partial charge >= 0.3 is 0 Å². The van der Waals surface area contributed by atoms with Gasteiger partial charge in [0.2, 0.25) is 0 Å². The first-order chi connectivity index (χ1) is 16.0. The number of halogens is 1. The average molecular weight is 460 g/mol. The minimum atomic E-state index is -0.252. The number of nitrogens with one attached hydrogen (secondary N) is 2. The normalized spacial score (nSPS) is 24.6. The molecule has 0 amide bonds. The number of hydrogen-bond donors (Lipinski definition) is 2. The van der Waals surface area contributed by atoms with E-state index in [1.54, 1.807) is 12.1 Å². The summed E-state index contributed by atoms with van der Waals surface area (Å²) in [6.07, 6.45) is 5.96. The Hall–Kier alpha value is -2.63. The van der Waals surface area contributed by atoms with Crippen molar-refractivity contribution < 1.29 is 4.39 Å². The second-order valence-corrected chi connectivity index (χ2v) is 10.3. The van der Waals surface area contributed by atoms with Crippen LogP contribution in [0, 0.1) is 24.1 Å². The highest BCUT2D eigenvalue weighted by molar-refractivity contribution is 7.96. The number of anilines is 2. The Labute approximate surface area is 200 Å². The van der Waals surface area contributed by atoms with Crippen LogP contribution in [0.15, 0.2) is 66.7 Å². The van der Waals surface area contributed by atoms with Crippen LogP contribution in [-0.4, -0.2) is 29.9 Å². The van der Waals surface area contributed by atoms with E-state index in [1.807, 2.05) is 11.9 Å². The van der Waals surface area contributed by atoms with Crippen LogP contribution in [0.1, 0.15) is 41.0 Å².